The monoisotopic (exact) mass is 253 g/mol. The normalized spacial score (nSPS) is 28.8. The van der Waals surface area contributed by atoms with Crippen molar-refractivity contribution in [1.82, 2.24) is 15.5 Å². The molecule has 0 saturated carbocycles. The maximum absolute atomic E-state index is 12.3. The predicted molar refractivity (Wildman–Crippen MR) is 69.1 cm³/mol. The van der Waals surface area contributed by atoms with Crippen molar-refractivity contribution < 1.29 is 9.59 Å². The lowest BCUT2D eigenvalue weighted by Gasteiger charge is -2.36. The molecule has 5 nitrogen and oxygen atoms in total. The fourth-order valence-electron chi connectivity index (χ4n) is 2.87. The zero-order chi connectivity index (χ0) is 13.0. The molecule has 2 N–H and O–H groups in total. The van der Waals surface area contributed by atoms with E-state index in [0.29, 0.717) is 6.54 Å². The van der Waals surface area contributed by atoms with Crippen molar-refractivity contribution in [3.8, 4) is 0 Å². The van der Waals surface area contributed by atoms with Crippen molar-refractivity contribution in [1.29, 1.82) is 0 Å². The number of likely N-dealkylation sites (tertiary alicyclic amines) is 1. The van der Waals surface area contributed by atoms with Crippen molar-refractivity contribution in [3.63, 3.8) is 0 Å². The summed E-state index contributed by atoms with van der Waals surface area (Å²) >= 11 is 0. The molecule has 2 aliphatic rings. The van der Waals surface area contributed by atoms with Crippen molar-refractivity contribution in [2.24, 2.45) is 0 Å². The summed E-state index contributed by atoms with van der Waals surface area (Å²) in [5, 5.41) is 6.21. The molecular formula is C13H23N3O2. The summed E-state index contributed by atoms with van der Waals surface area (Å²) in [5.41, 5.74) is 0. The minimum absolute atomic E-state index is 0.00479. The Morgan fingerprint density at radius 1 is 1.22 bits per heavy atom. The molecule has 0 bridgehead atoms. The van der Waals surface area contributed by atoms with Crippen LogP contribution in [0.3, 0.4) is 0 Å². The van der Waals surface area contributed by atoms with Crippen LogP contribution in [0, 0.1) is 0 Å². The molecule has 0 aromatic rings. The molecule has 2 saturated heterocycles. The first kappa shape index (κ1) is 13.3. The molecule has 0 aliphatic carbocycles. The smallest absolute Gasteiger partial charge is 0.239 e. The standard InChI is InChI=1S/C13H23N3O2/c1-10(17)15-11-5-4-8-16(9-11)13(18)12-6-2-3-7-14-12/h11-12,14H,2-9H2,1H3,(H,15,17). The number of carbonyl (C=O) groups excluding carboxylic acids is 2. The second-order valence-electron chi connectivity index (χ2n) is 5.33. The van der Waals surface area contributed by atoms with Crippen molar-refractivity contribution in [3.05, 3.63) is 0 Å². The van der Waals surface area contributed by atoms with E-state index in [9.17, 15) is 9.59 Å². The number of hydrogen-bond donors (Lipinski definition) is 2. The van der Waals surface area contributed by atoms with Crippen LogP contribution in [0.1, 0.15) is 39.0 Å². The molecule has 102 valence electrons. The maximum Gasteiger partial charge on any atom is 0.239 e. The first-order valence-electron chi connectivity index (χ1n) is 6.96. The molecule has 5 heteroatoms. The summed E-state index contributed by atoms with van der Waals surface area (Å²) in [6.45, 7) is 3.96. The molecule has 2 fully saturated rings. The minimum Gasteiger partial charge on any atom is -0.352 e. The molecule has 0 spiro atoms. The van der Waals surface area contributed by atoms with Gasteiger partial charge in [-0.05, 0) is 32.2 Å². The number of nitrogens with one attached hydrogen (secondary N) is 2. The predicted octanol–water partition coefficient (Wildman–Crippen LogP) is 0.256. The first-order chi connectivity index (χ1) is 8.66. The number of piperidine rings is 2. The second kappa shape index (κ2) is 6.18. The molecular weight excluding hydrogens is 230 g/mol. The average molecular weight is 253 g/mol. The van der Waals surface area contributed by atoms with E-state index in [4.69, 9.17) is 0 Å². The Labute approximate surface area is 108 Å². The summed E-state index contributed by atoms with van der Waals surface area (Å²) in [6, 6.07) is 0.124. The third-order valence-corrected chi connectivity index (χ3v) is 3.75. The van der Waals surface area contributed by atoms with Crippen molar-refractivity contribution in [2.45, 2.75) is 51.1 Å². The summed E-state index contributed by atoms with van der Waals surface area (Å²) in [7, 11) is 0. The molecule has 2 aliphatic heterocycles. The van der Waals surface area contributed by atoms with E-state index in [1.165, 1.54) is 6.92 Å². The van der Waals surface area contributed by atoms with Crippen molar-refractivity contribution in [2.75, 3.05) is 19.6 Å². The molecule has 0 aromatic heterocycles. The van der Waals surface area contributed by atoms with E-state index in [0.717, 1.165) is 45.2 Å². The minimum atomic E-state index is -0.00918. The van der Waals surface area contributed by atoms with Gasteiger partial charge in [0, 0.05) is 26.1 Å². The highest BCUT2D eigenvalue weighted by atomic mass is 16.2. The maximum atomic E-state index is 12.3. The Hall–Kier alpha value is -1.10. The van der Waals surface area contributed by atoms with E-state index in [-0.39, 0.29) is 23.9 Å². The lowest BCUT2D eigenvalue weighted by atomic mass is 10.0. The molecule has 2 amide bonds. The van der Waals surface area contributed by atoms with Crippen LogP contribution in [0.5, 0.6) is 0 Å². The topological polar surface area (TPSA) is 61.4 Å². The number of rotatable bonds is 2. The first-order valence-corrected chi connectivity index (χ1v) is 6.96. The van der Waals surface area contributed by atoms with Crippen LogP contribution in [0.2, 0.25) is 0 Å². The highest BCUT2D eigenvalue weighted by molar-refractivity contribution is 5.82. The zero-order valence-electron chi connectivity index (χ0n) is 11.1. The SMILES string of the molecule is CC(=O)NC1CCCN(C(=O)C2CCCCN2)C1. The third-order valence-electron chi connectivity index (χ3n) is 3.75. The van der Waals surface area contributed by atoms with Crippen LogP contribution < -0.4 is 10.6 Å². The van der Waals surface area contributed by atoms with Gasteiger partial charge in [-0.1, -0.05) is 6.42 Å². The average Bonchev–Trinajstić information content (AvgIpc) is 2.38. The molecule has 0 radical (unpaired) electrons. The van der Waals surface area contributed by atoms with Gasteiger partial charge in [0.2, 0.25) is 11.8 Å². The van der Waals surface area contributed by atoms with Crippen LogP contribution in [-0.4, -0.2) is 48.4 Å². The Balaban J connectivity index is 1.87. The quantitative estimate of drug-likeness (QED) is 0.742. The number of carbonyl (C=O) groups is 2. The number of nitrogens with zero attached hydrogens (tertiary/aromatic N) is 1. The van der Waals surface area contributed by atoms with Gasteiger partial charge in [0.05, 0.1) is 6.04 Å². The van der Waals surface area contributed by atoms with Gasteiger partial charge < -0.3 is 15.5 Å². The number of hydrogen-bond acceptors (Lipinski definition) is 3. The number of amides is 2. The van der Waals surface area contributed by atoms with Gasteiger partial charge >= 0.3 is 0 Å². The molecule has 2 rings (SSSR count). The van der Waals surface area contributed by atoms with Crippen molar-refractivity contribution >= 4 is 11.8 Å². The summed E-state index contributed by atoms with van der Waals surface area (Å²) in [6.07, 6.45) is 5.19. The van der Waals surface area contributed by atoms with E-state index in [1.54, 1.807) is 0 Å². The fourth-order valence-corrected chi connectivity index (χ4v) is 2.87. The highest BCUT2D eigenvalue weighted by Gasteiger charge is 2.29. The second-order valence-corrected chi connectivity index (χ2v) is 5.33. The van der Waals surface area contributed by atoms with E-state index in [2.05, 4.69) is 10.6 Å². The van der Waals surface area contributed by atoms with Gasteiger partial charge in [-0.3, -0.25) is 9.59 Å². The highest BCUT2D eigenvalue weighted by Crippen LogP contribution is 2.15. The zero-order valence-corrected chi connectivity index (χ0v) is 11.1. The van der Waals surface area contributed by atoms with Gasteiger partial charge in [-0.15, -0.1) is 0 Å². The molecule has 0 aromatic carbocycles. The molecule has 2 atom stereocenters. The van der Waals surface area contributed by atoms with Gasteiger partial charge in [0.25, 0.3) is 0 Å². The van der Waals surface area contributed by atoms with Gasteiger partial charge in [0.15, 0.2) is 0 Å². The third kappa shape index (κ3) is 3.45. The van der Waals surface area contributed by atoms with Gasteiger partial charge in [-0.2, -0.15) is 0 Å². The lowest BCUT2D eigenvalue weighted by molar-refractivity contribution is -0.136. The van der Waals surface area contributed by atoms with Crippen LogP contribution in [0.4, 0.5) is 0 Å². The van der Waals surface area contributed by atoms with Crippen LogP contribution in [0.15, 0.2) is 0 Å². The molecule has 2 heterocycles. The lowest BCUT2D eigenvalue weighted by Crippen LogP contribution is -2.54. The van der Waals surface area contributed by atoms with E-state index in [1.807, 2.05) is 4.90 Å². The summed E-state index contributed by atoms with van der Waals surface area (Å²) < 4.78 is 0. The van der Waals surface area contributed by atoms with Crippen LogP contribution >= 0.6 is 0 Å². The summed E-state index contributed by atoms with van der Waals surface area (Å²) in [5.74, 6) is 0.204. The Kier molecular flexibility index (Phi) is 4.58. The van der Waals surface area contributed by atoms with E-state index >= 15 is 0 Å². The van der Waals surface area contributed by atoms with Gasteiger partial charge in [0.1, 0.15) is 0 Å². The Morgan fingerprint density at radius 3 is 2.72 bits per heavy atom. The summed E-state index contributed by atoms with van der Waals surface area (Å²) in [4.78, 5) is 25.3. The van der Waals surface area contributed by atoms with Gasteiger partial charge in [-0.25, -0.2) is 0 Å². The van der Waals surface area contributed by atoms with Crippen LogP contribution in [-0.2, 0) is 9.59 Å². The molecule has 18 heavy (non-hydrogen) atoms. The largest absolute Gasteiger partial charge is 0.352 e. The Bertz CT molecular complexity index is 313. The fraction of sp³-hybridized carbons (Fsp3) is 0.846. The molecule has 2 unspecified atom stereocenters. The van der Waals surface area contributed by atoms with Crippen LogP contribution in [0.25, 0.3) is 0 Å². The van der Waals surface area contributed by atoms with E-state index < -0.39 is 0 Å². The Morgan fingerprint density at radius 2 is 2.06 bits per heavy atom.